The molecule has 0 saturated carbocycles. The number of sulfone groups is 1. The average molecular weight is 278 g/mol. The summed E-state index contributed by atoms with van der Waals surface area (Å²) in [7, 11) is 0.622. The van der Waals surface area contributed by atoms with Crippen LogP contribution in [0.15, 0.2) is 0 Å². The minimum Gasteiger partial charge on any atom is -0.387 e. The molecule has 1 amide bonds. The zero-order valence-corrected chi connectivity index (χ0v) is 12.0. The van der Waals surface area contributed by atoms with Gasteiger partial charge in [0.25, 0.3) is 0 Å². The molecule has 2 atom stereocenters. The van der Waals surface area contributed by atoms with Crippen LogP contribution in [-0.4, -0.2) is 68.6 Å². The molecule has 1 aliphatic rings. The molecule has 6 nitrogen and oxygen atoms in total. The first-order valence-corrected chi connectivity index (χ1v) is 7.79. The van der Waals surface area contributed by atoms with Gasteiger partial charge in [0.15, 0.2) is 9.84 Å². The van der Waals surface area contributed by atoms with Crippen molar-refractivity contribution >= 4 is 15.7 Å². The van der Waals surface area contributed by atoms with E-state index in [1.807, 2.05) is 19.0 Å². The van der Waals surface area contributed by atoms with Gasteiger partial charge in [-0.05, 0) is 27.4 Å². The summed E-state index contributed by atoms with van der Waals surface area (Å²) in [6, 6.07) is 0. The molecule has 1 aliphatic heterocycles. The third-order valence-electron chi connectivity index (χ3n) is 2.90. The van der Waals surface area contributed by atoms with Crippen LogP contribution in [0.5, 0.6) is 0 Å². The van der Waals surface area contributed by atoms with Crippen molar-refractivity contribution in [2.45, 2.75) is 18.9 Å². The quantitative estimate of drug-likeness (QED) is 0.663. The molecular formula is C11H22N2O4S. The molecule has 0 aromatic carbocycles. The highest BCUT2D eigenvalue weighted by molar-refractivity contribution is 7.91. The Hall–Kier alpha value is -0.660. The number of carbonyl (C=O) groups is 1. The molecule has 1 saturated heterocycles. The summed E-state index contributed by atoms with van der Waals surface area (Å²) in [6.45, 7) is 2.19. The number of nitrogens with zero attached hydrogens (tertiary/aromatic N) is 1. The van der Waals surface area contributed by atoms with Crippen molar-refractivity contribution in [3.8, 4) is 0 Å². The highest BCUT2D eigenvalue weighted by Gasteiger charge is 2.33. The standard InChI is InChI=1S/C11H22N2O4S/c1-11(15,8-13(2)3)7-12-10(14)9-4-5-18(16,17)6-9/h9,15H,4-8H2,1-3H3,(H,12,14). The fourth-order valence-electron chi connectivity index (χ4n) is 2.16. The van der Waals surface area contributed by atoms with Gasteiger partial charge >= 0.3 is 0 Å². The maximum Gasteiger partial charge on any atom is 0.224 e. The first kappa shape index (κ1) is 15.4. The fourth-order valence-corrected chi connectivity index (χ4v) is 3.90. The fraction of sp³-hybridized carbons (Fsp3) is 0.909. The lowest BCUT2D eigenvalue weighted by Crippen LogP contribution is -2.48. The highest BCUT2D eigenvalue weighted by Crippen LogP contribution is 2.18. The van der Waals surface area contributed by atoms with Crippen molar-refractivity contribution in [3.05, 3.63) is 0 Å². The van der Waals surface area contributed by atoms with Crippen LogP contribution in [0.4, 0.5) is 0 Å². The summed E-state index contributed by atoms with van der Waals surface area (Å²) in [5, 5.41) is 12.6. The van der Waals surface area contributed by atoms with Gasteiger partial charge in [0.2, 0.25) is 5.91 Å². The summed E-state index contributed by atoms with van der Waals surface area (Å²) >= 11 is 0. The van der Waals surface area contributed by atoms with Crippen molar-refractivity contribution in [3.63, 3.8) is 0 Å². The van der Waals surface area contributed by atoms with E-state index in [-0.39, 0.29) is 24.0 Å². The summed E-state index contributed by atoms with van der Waals surface area (Å²) < 4.78 is 22.5. The molecule has 0 bridgehead atoms. The number of amides is 1. The first-order valence-electron chi connectivity index (χ1n) is 5.96. The number of hydrogen-bond acceptors (Lipinski definition) is 5. The van der Waals surface area contributed by atoms with Crippen LogP contribution in [0.2, 0.25) is 0 Å². The van der Waals surface area contributed by atoms with E-state index in [0.29, 0.717) is 13.0 Å². The summed E-state index contributed by atoms with van der Waals surface area (Å²) in [5.74, 6) is -0.742. The molecule has 1 fully saturated rings. The lowest BCUT2D eigenvalue weighted by Gasteiger charge is -2.27. The van der Waals surface area contributed by atoms with E-state index in [1.165, 1.54) is 0 Å². The Balaban J connectivity index is 2.42. The van der Waals surface area contributed by atoms with Gasteiger partial charge in [-0.3, -0.25) is 4.79 Å². The Bertz CT molecular complexity index is 403. The van der Waals surface area contributed by atoms with Crippen LogP contribution in [0.25, 0.3) is 0 Å². The van der Waals surface area contributed by atoms with Gasteiger partial charge in [0, 0.05) is 13.1 Å². The molecule has 18 heavy (non-hydrogen) atoms. The van der Waals surface area contributed by atoms with Gasteiger partial charge in [-0.15, -0.1) is 0 Å². The molecule has 1 rings (SSSR count). The minimum absolute atomic E-state index is 0.0747. The molecular weight excluding hydrogens is 256 g/mol. The van der Waals surface area contributed by atoms with Crippen LogP contribution >= 0.6 is 0 Å². The van der Waals surface area contributed by atoms with Gasteiger partial charge in [0.1, 0.15) is 0 Å². The molecule has 2 unspecified atom stereocenters. The Morgan fingerprint density at radius 1 is 1.50 bits per heavy atom. The van der Waals surface area contributed by atoms with E-state index < -0.39 is 21.4 Å². The first-order chi connectivity index (χ1) is 8.11. The predicted molar refractivity (Wildman–Crippen MR) is 68.9 cm³/mol. The van der Waals surface area contributed by atoms with Crippen LogP contribution in [0.1, 0.15) is 13.3 Å². The van der Waals surface area contributed by atoms with Gasteiger partial charge in [-0.25, -0.2) is 8.42 Å². The summed E-state index contributed by atoms with van der Waals surface area (Å²) in [6.07, 6.45) is 0.379. The molecule has 0 aromatic rings. The molecule has 106 valence electrons. The van der Waals surface area contributed by atoms with Crippen LogP contribution < -0.4 is 5.32 Å². The third-order valence-corrected chi connectivity index (χ3v) is 4.67. The van der Waals surface area contributed by atoms with Crippen molar-refractivity contribution in [2.75, 3.05) is 38.7 Å². The van der Waals surface area contributed by atoms with Crippen molar-refractivity contribution in [1.29, 1.82) is 0 Å². The molecule has 0 aromatic heterocycles. The molecule has 0 aliphatic carbocycles. The summed E-state index contributed by atoms with van der Waals surface area (Å²) in [5.41, 5.74) is -1.02. The predicted octanol–water partition coefficient (Wildman–Crippen LogP) is -1.15. The Morgan fingerprint density at radius 2 is 2.11 bits per heavy atom. The molecule has 1 heterocycles. The van der Waals surface area contributed by atoms with E-state index >= 15 is 0 Å². The second-order valence-corrected chi connectivity index (χ2v) is 7.78. The normalized spacial score (nSPS) is 25.9. The smallest absolute Gasteiger partial charge is 0.224 e. The van der Waals surface area contributed by atoms with E-state index in [0.717, 1.165) is 0 Å². The van der Waals surface area contributed by atoms with Crippen molar-refractivity contribution < 1.29 is 18.3 Å². The number of hydrogen-bond donors (Lipinski definition) is 2. The Morgan fingerprint density at radius 3 is 2.56 bits per heavy atom. The topological polar surface area (TPSA) is 86.7 Å². The lowest BCUT2D eigenvalue weighted by molar-refractivity contribution is -0.125. The second kappa shape index (κ2) is 5.54. The van der Waals surface area contributed by atoms with Crippen molar-refractivity contribution in [2.24, 2.45) is 5.92 Å². The maximum atomic E-state index is 11.8. The SMILES string of the molecule is CN(C)CC(C)(O)CNC(=O)C1CCS(=O)(=O)C1. The Labute approximate surface area is 108 Å². The van der Waals surface area contributed by atoms with E-state index in [1.54, 1.807) is 6.92 Å². The number of carbonyl (C=O) groups excluding carboxylic acids is 1. The zero-order valence-electron chi connectivity index (χ0n) is 11.1. The number of likely N-dealkylation sites (N-methyl/N-ethyl adjacent to an activating group) is 1. The van der Waals surface area contributed by atoms with E-state index in [2.05, 4.69) is 5.32 Å². The van der Waals surface area contributed by atoms with E-state index in [9.17, 15) is 18.3 Å². The van der Waals surface area contributed by atoms with Crippen LogP contribution in [0.3, 0.4) is 0 Å². The highest BCUT2D eigenvalue weighted by atomic mass is 32.2. The molecule has 0 spiro atoms. The molecule has 2 N–H and O–H groups in total. The summed E-state index contributed by atoms with van der Waals surface area (Å²) in [4.78, 5) is 13.6. The molecule has 0 radical (unpaired) electrons. The maximum absolute atomic E-state index is 11.8. The van der Waals surface area contributed by atoms with Gasteiger partial charge in [0.05, 0.1) is 23.0 Å². The Kier molecular flexibility index (Phi) is 4.74. The average Bonchev–Trinajstić information content (AvgIpc) is 2.53. The zero-order chi connectivity index (χ0) is 14.0. The van der Waals surface area contributed by atoms with Gasteiger partial charge < -0.3 is 15.3 Å². The van der Waals surface area contributed by atoms with Crippen LogP contribution in [-0.2, 0) is 14.6 Å². The van der Waals surface area contributed by atoms with Gasteiger partial charge in [-0.1, -0.05) is 0 Å². The molecule has 7 heteroatoms. The monoisotopic (exact) mass is 278 g/mol. The largest absolute Gasteiger partial charge is 0.387 e. The number of aliphatic hydroxyl groups is 1. The lowest BCUT2D eigenvalue weighted by atomic mass is 10.1. The van der Waals surface area contributed by atoms with Crippen LogP contribution in [0, 0.1) is 5.92 Å². The van der Waals surface area contributed by atoms with Crippen molar-refractivity contribution in [1.82, 2.24) is 10.2 Å². The van der Waals surface area contributed by atoms with Gasteiger partial charge in [-0.2, -0.15) is 0 Å². The number of nitrogens with one attached hydrogen (secondary N) is 1. The number of rotatable bonds is 5. The third kappa shape index (κ3) is 4.91. The second-order valence-electron chi connectivity index (χ2n) is 5.55. The minimum atomic E-state index is -3.04. The van der Waals surface area contributed by atoms with E-state index in [4.69, 9.17) is 0 Å².